The van der Waals surface area contributed by atoms with E-state index in [2.05, 4.69) is 26.3 Å². The molecule has 9 nitrogen and oxygen atoms in total. The minimum absolute atomic E-state index is 0.0229. The SMILES string of the molecule is CN(C)CCN1Cc2ccccc2-c2c(C3CCCCC3)c3ccc(C(=O)NS(=O)(=O)N(C)C)cc3n2CC1=O. The Balaban J connectivity index is 1.70. The highest BCUT2D eigenvalue weighted by Crippen LogP contribution is 2.45. The number of carbonyl (C=O) groups excluding carboxylic acids is 2. The maximum Gasteiger partial charge on any atom is 0.303 e. The van der Waals surface area contributed by atoms with Gasteiger partial charge in [-0.15, -0.1) is 0 Å². The Morgan fingerprint density at radius 3 is 2.42 bits per heavy atom. The molecule has 1 N–H and O–H groups in total. The summed E-state index contributed by atoms with van der Waals surface area (Å²) in [4.78, 5) is 30.8. The third-order valence-corrected chi connectivity index (χ3v) is 9.58. The van der Waals surface area contributed by atoms with Crippen molar-refractivity contribution < 1.29 is 18.0 Å². The van der Waals surface area contributed by atoms with Gasteiger partial charge in [-0.25, -0.2) is 4.72 Å². The Bertz CT molecular complexity index is 1540. The molecule has 2 aromatic carbocycles. The molecule has 0 saturated heterocycles. The molecule has 1 aliphatic heterocycles. The van der Waals surface area contributed by atoms with Crippen molar-refractivity contribution in [2.75, 3.05) is 41.3 Å². The Labute approximate surface area is 236 Å². The van der Waals surface area contributed by atoms with Gasteiger partial charge in [-0.1, -0.05) is 49.6 Å². The first-order valence-electron chi connectivity index (χ1n) is 14.0. The summed E-state index contributed by atoms with van der Waals surface area (Å²) in [5, 5.41) is 1.03. The summed E-state index contributed by atoms with van der Waals surface area (Å²) >= 11 is 0. The Kier molecular flexibility index (Phi) is 8.03. The summed E-state index contributed by atoms with van der Waals surface area (Å²) in [6, 6.07) is 13.7. The van der Waals surface area contributed by atoms with E-state index in [1.165, 1.54) is 38.9 Å². The maximum atomic E-state index is 13.8. The monoisotopic (exact) mass is 565 g/mol. The van der Waals surface area contributed by atoms with Crippen molar-refractivity contribution in [1.82, 2.24) is 23.4 Å². The normalized spacial score (nSPS) is 16.6. The average molecular weight is 566 g/mol. The van der Waals surface area contributed by atoms with Gasteiger partial charge in [-0.05, 0) is 56.1 Å². The van der Waals surface area contributed by atoms with E-state index in [1.54, 1.807) is 12.1 Å². The predicted octanol–water partition coefficient (Wildman–Crippen LogP) is 3.80. The molecule has 0 unspecified atom stereocenters. The van der Waals surface area contributed by atoms with Crippen LogP contribution in [0.2, 0.25) is 0 Å². The number of nitrogens with zero attached hydrogens (tertiary/aromatic N) is 4. The smallest absolute Gasteiger partial charge is 0.303 e. The van der Waals surface area contributed by atoms with E-state index in [1.807, 2.05) is 37.2 Å². The highest BCUT2D eigenvalue weighted by molar-refractivity contribution is 7.87. The molecule has 10 heteroatoms. The average Bonchev–Trinajstić information content (AvgIpc) is 3.23. The molecule has 3 aromatic rings. The molecule has 1 saturated carbocycles. The third kappa shape index (κ3) is 5.53. The molecule has 214 valence electrons. The first kappa shape index (κ1) is 28.3. The van der Waals surface area contributed by atoms with Crippen LogP contribution in [0.4, 0.5) is 0 Å². The lowest BCUT2D eigenvalue weighted by atomic mass is 9.81. The molecule has 0 spiro atoms. The third-order valence-electron chi connectivity index (χ3n) is 8.18. The summed E-state index contributed by atoms with van der Waals surface area (Å²) in [5.41, 5.74) is 5.53. The Hall–Kier alpha value is -3.21. The van der Waals surface area contributed by atoms with E-state index in [-0.39, 0.29) is 18.0 Å². The molecular weight excluding hydrogens is 526 g/mol. The highest BCUT2D eigenvalue weighted by Gasteiger charge is 2.31. The van der Waals surface area contributed by atoms with Crippen LogP contribution < -0.4 is 4.72 Å². The zero-order valence-corrected chi connectivity index (χ0v) is 24.6. The van der Waals surface area contributed by atoms with Gasteiger partial charge < -0.3 is 14.4 Å². The Morgan fingerprint density at radius 2 is 1.73 bits per heavy atom. The second kappa shape index (κ2) is 11.3. The Morgan fingerprint density at radius 1 is 1.00 bits per heavy atom. The van der Waals surface area contributed by atoms with Gasteiger partial charge in [0.1, 0.15) is 6.54 Å². The van der Waals surface area contributed by atoms with Crippen molar-refractivity contribution in [2.45, 2.75) is 51.1 Å². The lowest BCUT2D eigenvalue weighted by Crippen LogP contribution is -2.39. The number of fused-ring (bicyclic) bond motifs is 5. The van der Waals surface area contributed by atoms with Gasteiger partial charge >= 0.3 is 10.2 Å². The van der Waals surface area contributed by atoms with E-state index >= 15 is 0 Å². The number of hydrogen-bond donors (Lipinski definition) is 1. The van der Waals surface area contributed by atoms with Crippen LogP contribution in [0.1, 0.15) is 59.5 Å². The molecule has 5 rings (SSSR count). The molecule has 2 amide bonds. The highest BCUT2D eigenvalue weighted by atomic mass is 32.2. The fourth-order valence-electron chi connectivity index (χ4n) is 5.99. The van der Waals surface area contributed by atoms with E-state index < -0.39 is 16.1 Å². The molecule has 40 heavy (non-hydrogen) atoms. The van der Waals surface area contributed by atoms with Gasteiger partial charge in [-0.3, -0.25) is 9.59 Å². The molecule has 2 heterocycles. The molecule has 0 atom stereocenters. The largest absolute Gasteiger partial charge is 0.336 e. The number of likely N-dealkylation sites (N-methyl/N-ethyl adjacent to an activating group) is 1. The molecule has 1 fully saturated rings. The summed E-state index contributed by atoms with van der Waals surface area (Å²) in [6.45, 7) is 2.07. The van der Waals surface area contributed by atoms with E-state index in [0.717, 1.165) is 51.4 Å². The van der Waals surface area contributed by atoms with Crippen LogP contribution in [0.5, 0.6) is 0 Å². The van der Waals surface area contributed by atoms with Gasteiger partial charge in [0.05, 0.1) is 11.2 Å². The van der Waals surface area contributed by atoms with Gasteiger partial charge in [0.2, 0.25) is 5.91 Å². The molecular formula is C30H39N5O4S. The van der Waals surface area contributed by atoms with Crippen LogP contribution >= 0.6 is 0 Å². The van der Waals surface area contributed by atoms with Crippen molar-refractivity contribution in [3.63, 3.8) is 0 Å². The van der Waals surface area contributed by atoms with Crippen molar-refractivity contribution >= 4 is 32.9 Å². The summed E-state index contributed by atoms with van der Waals surface area (Å²) < 4.78 is 29.9. The van der Waals surface area contributed by atoms with Crippen LogP contribution in [0.15, 0.2) is 42.5 Å². The zero-order valence-electron chi connectivity index (χ0n) is 23.8. The molecule has 1 aromatic heterocycles. The number of benzene rings is 2. The fraction of sp³-hybridized carbons (Fsp3) is 0.467. The second-order valence-electron chi connectivity index (χ2n) is 11.4. The molecule has 0 bridgehead atoms. The van der Waals surface area contributed by atoms with Crippen LogP contribution in [-0.4, -0.2) is 80.2 Å². The summed E-state index contributed by atoms with van der Waals surface area (Å²) in [6.07, 6.45) is 5.73. The minimum Gasteiger partial charge on any atom is -0.336 e. The summed E-state index contributed by atoms with van der Waals surface area (Å²) in [7, 11) is 2.80. The van der Waals surface area contributed by atoms with E-state index in [4.69, 9.17) is 0 Å². The number of hydrogen-bond acceptors (Lipinski definition) is 5. The molecule has 0 radical (unpaired) electrons. The number of nitrogens with one attached hydrogen (secondary N) is 1. The van der Waals surface area contributed by atoms with E-state index in [0.29, 0.717) is 19.0 Å². The standard InChI is InChI=1S/C30H39N5O4S/c1-32(2)16-17-34-19-23-12-8-9-13-24(23)29-28(21-10-6-5-7-11-21)25-15-14-22(18-26(25)35(29)20-27(34)36)30(37)31-40(38,39)33(3)4/h8-9,12-15,18,21H,5-7,10-11,16-17,19-20H2,1-4H3,(H,31,37). The zero-order chi connectivity index (χ0) is 28.6. The number of aromatic nitrogens is 1. The number of carbonyl (C=O) groups is 2. The first-order valence-corrected chi connectivity index (χ1v) is 15.4. The van der Waals surface area contributed by atoms with E-state index in [9.17, 15) is 18.0 Å². The second-order valence-corrected chi connectivity index (χ2v) is 13.3. The topological polar surface area (TPSA) is 95.0 Å². The number of rotatable bonds is 7. The molecule has 1 aliphatic carbocycles. The quantitative estimate of drug-likeness (QED) is 0.470. The predicted molar refractivity (Wildman–Crippen MR) is 157 cm³/mol. The fourth-order valence-corrected chi connectivity index (χ4v) is 6.52. The number of amides is 2. The van der Waals surface area contributed by atoms with Crippen molar-refractivity contribution in [1.29, 1.82) is 0 Å². The van der Waals surface area contributed by atoms with Crippen LogP contribution in [0.25, 0.3) is 22.2 Å². The first-order chi connectivity index (χ1) is 19.1. The maximum absolute atomic E-state index is 13.8. The summed E-state index contributed by atoms with van der Waals surface area (Å²) in [5.74, 6) is -0.320. The van der Waals surface area contributed by atoms with Crippen molar-refractivity contribution in [2.24, 2.45) is 0 Å². The van der Waals surface area contributed by atoms with Crippen LogP contribution in [0, 0.1) is 0 Å². The van der Waals surface area contributed by atoms with Crippen LogP contribution in [0.3, 0.4) is 0 Å². The van der Waals surface area contributed by atoms with Crippen molar-refractivity contribution in [3.05, 3.63) is 59.2 Å². The minimum atomic E-state index is -3.95. The lowest BCUT2D eigenvalue weighted by Gasteiger charge is -2.30. The van der Waals surface area contributed by atoms with Crippen LogP contribution in [-0.2, 0) is 28.1 Å². The van der Waals surface area contributed by atoms with Gasteiger partial charge in [0, 0.05) is 50.2 Å². The van der Waals surface area contributed by atoms with Crippen molar-refractivity contribution in [3.8, 4) is 11.3 Å². The van der Waals surface area contributed by atoms with Gasteiger partial charge in [-0.2, -0.15) is 12.7 Å². The lowest BCUT2D eigenvalue weighted by molar-refractivity contribution is -0.132. The van der Waals surface area contributed by atoms with Gasteiger partial charge in [0.25, 0.3) is 5.91 Å². The molecule has 2 aliphatic rings. The van der Waals surface area contributed by atoms with Gasteiger partial charge in [0.15, 0.2) is 0 Å².